The average Bonchev–Trinajstić information content (AvgIpc) is 1.80. The van der Waals surface area contributed by atoms with Crippen LogP contribution in [0, 0.1) is 35.5 Å². The molecule has 17 unspecified atom stereocenters. The summed E-state index contributed by atoms with van der Waals surface area (Å²) in [6.07, 6.45) is 3.16. The first-order chi connectivity index (χ1) is 52.5. The number of carbonyl (C=O) groups excluding carboxylic acids is 13. The Balaban J connectivity index is 0.000000580. The number of aliphatic hydroxyl groups is 1. The molecule has 4 rings (SSSR count). The van der Waals surface area contributed by atoms with E-state index in [1.807, 2.05) is 0 Å². The van der Waals surface area contributed by atoms with Gasteiger partial charge in [0, 0.05) is 70.9 Å². The molecule has 0 aliphatic carbocycles. The number of carboxylic acids is 4. The summed E-state index contributed by atoms with van der Waals surface area (Å²) in [4.78, 5) is 219. The molecule has 9 amide bonds. The number of carboxylic acid groups (broad SMARTS) is 4. The van der Waals surface area contributed by atoms with Crippen molar-refractivity contribution in [2.24, 2.45) is 47.0 Å². The molecule has 3 saturated heterocycles. The molecule has 0 aromatic rings. The molecule has 0 saturated carbocycles. The highest BCUT2D eigenvalue weighted by atomic mass is 33.1. The van der Waals surface area contributed by atoms with Crippen LogP contribution in [0.15, 0.2) is 24.3 Å². The minimum Gasteiger partial charge on any atom is -0.480 e. The average molecular weight is 1700 g/mol. The van der Waals surface area contributed by atoms with Crippen LogP contribution in [0.2, 0.25) is 0 Å². The van der Waals surface area contributed by atoms with Crippen molar-refractivity contribution in [3.63, 3.8) is 0 Å². The molecule has 36 nitrogen and oxygen atoms in total. The molecule has 4 heterocycles. The summed E-state index contributed by atoms with van der Waals surface area (Å²) < 4.78 is 11.6. The van der Waals surface area contributed by atoms with Crippen LogP contribution in [0.3, 0.4) is 0 Å². The minimum absolute atomic E-state index is 0.121. The van der Waals surface area contributed by atoms with Gasteiger partial charge < -0.3 is 94.3 Å². The van der Waals surface area contributed by atoms with Gasteiger partial charge in [-0.25, -0.2) is 4.79 Å². The third kappa shape index (κ3) is 34.9. The van der Waals surface area contributed by atoms with Crippen molar-refractivity contribution in [2.75, 3.05) is 47.6 Å². The number of aliphatic carboxylic acids is 4. The molecule has 4 aliphatic heterocycles. The van der Waals surface area contributed by atoms with Gasteiger partial charge in [0.2, 0.25) is 53.2 Å². The number of amides is 9. The summed E-state index contributed by atoms with van der Waals surface area (Å²) in [7, 11) is 2.80. The first kappa shape index (κ1) is 99.0. The van der Waals surface area contributed by atoms with Crippen LogP contribution in [0.1, 0.15) is 133 Å². The van der Waals surface area contributed by atoms with Gasteiger partial charge in [0.1, 0.15) is 73.6 Å². The van der Waals surface area contributed by atoms with Gasteiger partial charge in [0.05, 0.1) is 30.8 Å². The number of allylic oxidation sites excluding steroid dienone is 2. The number of thiol groups is 1. The van der Waals surface area contributed by atoms with E-state index in [4.69, 9.17) is 41.4 Å². The molecule has 0 aromatic carbocycles. The summed E-state index contributed by atoms with van der Waals surface area (Å²) in [5, 5.41) is 71.3. The molecule has 4 bridgehead atoms. The van der Waals surface area contributed by atoms with Gasteiger partial charge in [-0.15, -0.1) is 11.8 Å². The van der Waals surface area contributed by atoms with E-state index in [2.05, 4.69) is 65.8 Å². The van der Waals surface area contributed by atoms with Crippen LogP contribution >= 0.6 is 69.5 Å². The Morgan fingerprint density at radius 1 is 0.598 bits per heavy atom. The number of fused-ring (bicyclic) bond motifs is 10. The van der Waals surface area contributed by atoms with Crippen LogP contribution in [0.5, 0.6) is 0 Å². The molecular weight excluding hydrogens is 1590 g/mol. The zero-order valence-electron chi connectivity index (χ0n) is 64.2. The lowest BCUT2D eigenvalue weighted by Crippen LogP contribution is -2.59. The van der Waals surface area contributed by atoms with Crippen LogP contribution in [0.25, 0.3) is 0 Å². The van der Waals surface area contributed by atoms with E-state index in [0.717, 1.165) is 35.3 Å². The van der Waals surface area contributed by atoms with Crippen molar-refractivity contribution in [2.45, 2.75) is 222 Å². The number of nitrogens with one attached hydrogen (secondary N) is 10. The predicted octanol–water partition coefficient (Wildman–Crippen LogP) is -0.630. The number of esters is 2. The maximum absolute atomic E-state index is 14.2. The zero-order valence-corrected chi connectivity index (χ0v) is 69.2. The fraction of sp³-hybridized carbons (Fsp3) is 0.700. The third-order valence-electron chi connectivity index (χ3n) is 17.9. The van der Waals surface area contributed by atoms with E-state index < -0.39 is 244 Å². The van der Waals surface area contributed by atoms with Crippen LogP contribution in [0.4, 0.5) is 0 Å². The SMILES string of the molecule is CC(C)C1NC(=O)CC(/C=C/CCS)OC(=O)C(C(C)C)NC2(O)SCC(NC1=O)C(=O)CC2C(C)SCC(NC(=O)CCC(N)C(=O)O)C(=O)NCC(=O)O.CC(C)C1NC(=O)CC2/C=C/CCSSCC(NC1=O)C(=O)CC(C(C)SCC(NC(=O)CCC(N)C(=O)O)C(=O)NCC(=O)O)C(=O)NC(C(C)C)C(=O)O2. The molecule has 0 aromatic heterocycles. The second-order valence-corrected chi connectivity index (χ2v) is 35.6. The number of cyclic esters (lactones) is 1. The van der Waals surface area contributed by atoms with E-state index in [0.29, 0.717) is 24.3 Å². The normalized spacial score (nSPS) is 26.1. The number of nitrogens with two attached hydrogens (primary N) is 2. The van der Waals surface area contributed by atoms with E-state index >= 15 is 0 Å². The maximum Gasteiger partial charge on any atom is 0.329 e. The Kier molecular flexibility index (Phi) is 43.8. The Morgan fingerprint density at radius 2 is 1.07 bits per heavy atom. The smallest absolute Gasteiger partial charge is 0.329 e. The van der Waals surface area contributed by atoms with Gasteiger partial charge in [0.25, 0.3) is 0 Å². The standard InChI is InChI=1S/C35H56N6O12S3.C35H54N6O12S3/c1-17(2)29-32(48)39-23-16-56-35(52,41-30(18(3)4)34(51)53-20(8-6-7-11-54)12-27(44)40-29)21(13-25(23)42)19(5)55-15-24(31(47)37-14-28(45)46)38-26(43)10-9-22(36)33(49)50;1-17(2)29-33(49)39-23-16-56-55-11-7-6-8-20(12-27(44)40-29)53-35(52)30(18(3)4)41-31(47)21(13-25(23)42)19(5)54-15-24(32(48)37-14-28(45)46)38-26(43)10-9-22(36)34(50)51/h6,8,17-24,29-30,41,52,54H,7,9-16,36H2,1-5H3,(H,37,47)(H,38,43)(H,39,48)(H,40,44)(H,45,46)(H,49,50);6,8,17-24,29-30H,7,9-16,36H2,1-5H3,(H,37,48)(H,38,43)(H,39,49)(H,40,44)(H,41,47)(H,45,46)(H,50,51)/b2*8-6+. The van der Waals surface area contributed by atoms with Crippen LogP contribution in [-0.2, 0) is 91.0 Å². The number of ketones is 2. The molecule has 4 aliphatic rings. The van der Waals surface area contributed by atoms with Gasteiger partial charge >= 0.3 is 35.8 Å². The molecule has 17 atom stereocenters. The number of carbonyl (C=O) groups is 17. The van der Waals surface area contributed by atoms with E-state index in [-0.39, 0.29) is 68.0 Å². The number of hydrogen-bond donors (Lipinski definition) is 18. The fourth-order valence-electron chi connectivity index (χ4n) is 11.2. The van der Waals surface area contributed by atoms with E-state index in [1.54, 1.807) is 93.5 Å². The Hall–Kier alpha value is -7.19. The highest BCUT2D eigenvalue weighted by Crippen LogP contribution is 2.42. The molecule has 630 valence electrons. The minimum atomic E-state index is -2.02. The largest absolute Gasteiger partial charge is 0.480 e. The summed E-state index contributed by atoms with van der Waals surface area (Å²) in [6.45, 7) is 15.5. The number of Topliss-reactive ketones (excluding diaryl/α,β-unsaturated/α-hetero) is 2. The van der Waals surface area contributed by atoms with Crippen molar-refractivity contribution in [1.82, 2.24) is 53.2 Å². The predicted molar refractivity (Wildman–Crippen MR) is 424 cm³/mol. The first-order valence-corrected chi connectivity index (χ1v) is 42.8. The topological polar surface area (TPSA) is 582 Å². The van der Waals surface area contributed by atoms with Crippen molar-refractivity contribution in [3.05, 3.63) is 24.3 Å². The number of ether oxygens (including phenoxy) is 2. The monoisotopic (exact) mass is 1690 g/mol. The fourth-order valence-corrected chi connectivity index (χ4v) is 17.5. The van der Waals surface area contributed by atoms with Gasteiger partial charge in [-0.1, -0.05) is 103 Å². The maximum atomic E-state index is 14.2. The highest BCUT2D eigenvalue weighted by molar-refractivity contribution is 8.76. The summed E-state index contributed by atoms with van der Waals surface area (Å²) in [5.74, 6) is -17.3. The molecule has 112 heavy (non-hydrogen) atoms. The number of rotatable bonds is 31. The second-order valence-electron chi connectivity index (χ2n) is 28.5. The first-order valence-electron chi connectivity index (χ1n) is 36.6. The Bertz CT molecular complexity index is 3380. The van der Waals surface area contributed by atoms with Crippen molar-refractivity contribution < 1.29 is 117 Å². The summed E-state index contributed by atoms with van der Waals surface area (Å²) >= 11 is 7.17. The quantitative estimate of drug-likeness (QED) is 0.0178. The zero-order chi connectivity index (χ0) is 84.4. The number of hydrogen-bond acceptors (Lipinski definition) is 29. The lowest BCUT2D eigenvalue weighted by atomic mass is 9.92. The van der Waals surface area contributed by atoms with Gasteiger partial charge in [-0.2, -0.15) is 36.2 Å². The second kappa shape index (κ2) is 49.6. The van der Waals surface area contributed by atoms with E-state index in [9.17, 15) is 86.6 Å². The van der Waals surface area contributed by atoms with Gasteiger partial charge in [-0.05, 0) is 67.3 Å². The van der Waals surface area contributed by atoms with Crippen molar-refractivity contribution >= 4 is 170 Å². The lowest BCUT2D eigenvalue weighted by molar-refractivity contribution is -0.155. The summed E-state index contributed by atoms with van der Waals surface area (Å²) in [5.41, 5.74) is 11.0. The van der Waals surface area contributed by atoms with E-state index in [1.165, 1.54) is 21.6 Å². The van der Waals surface area contributed by atoms with Crippen molar-refractivity contribution in [3.8, 4) is 0 Å². The third-order valence-corrected chi connectivity index (χ3v) is 24.7. The Morgan fingerprint density at radius 3 is 1.55 bits per heavy atom. The highest BCUT2D eigenvalue weighted by Gasteiger charge is 2.50. The lowest BCUT2D eigenvalue weighted by Gasteiger charge is -2.41. The number of thioether (sulfide) groups is 3. The van der Waals surface area contributed by atoms with Gasteiger partial charge in [-0.3, -0.25) is 82.0 Å². The van der Waals surface area contributed by atoms with Crippen LogP contribution in [-0.4, -0.2) is 262 Å². The Labute approximate surface area is 676 Å². The summed E-state index contributed by atoms with van der Waals surface area (Å²) in [6, 6.07) is -11.9. The van der Waals surface area contributed by atoms with Crippen LogP contribution < -0.4 is 64.6 Å². The molecule has 42 heteroatoms. The molecule has 3 fully saturated rings. The molecular formula is C70H110N12O24S6. The molecule has 0 radical (unpaired) electrons. The van der Waals surface area contributed by atoms with Crippen molar-refractivity contribution in [1.29, 1.82) is 0 Å². The molecule has 19 N–H and O–H groups in total. The molecule has 0 spiro atoms. The van der Waals surface area contributed by atoms with Gasteiger partial charge in [0.15, 0.2) is 16.6 Å².